The Morgan fingerprint density at radius 3 is 2.43 bits per heavy atom. The van der Waals surface area contributed by atoms with Crippen LogP contribution in [0, 0.1) is 5.92 Å². The second-order valence-corrected chi connectivity index (χ2v) is 7.56. The number of carbonyl (C=O) groups excluding carboxylic acids is 3. The minimum Gasteiger partial charge on any atom is -0.467 e. The van der Waals surface area contributed by atoms with Crippen LogP contribution in [0.5, 0.6) is 0 Å². The normalized spacial score (nSPS) is 26.1. The van der Waals surface area contributed by atoms with Crippen molar-refractivity contribution in [1.29, 1.82) is 0 Å². The highest BCUT2D eigenvalue weighted by Gasteiger charge is 2.49. The lowest BCUT2D eigenvalue weighted by atomic mass is 9.96. The molecule has 0 aromatic carbocycles. The van der Waals surface area contributed by atoms with E-state index in [1.807, 2.05) is 0 Å². The number of hydrogen-bond acceptors (Lipinski definition) is 6. The number of nitrogens with two attached hydrogens (primary N) is 1. The number of imide groups is 1. The number of ether oxygens (including phenoxy) is 2. The van der Waals surface area contributed by atoms with Crippen LogP contribution in [0.2, 0.25) is 0 Å². The first kappa shape index (κ1) is 17.7. The van der Waals surface area contributed by atoms with Gasteiger partial charge in [0.2, 0.25) is 5.91 Å². The van der Waals surface area contributed by atoms with Gasteiger partial charge in [-0.25, -0.2) is 14.5 Å². The van der Waals surface area contributed by atoms with E-state index in [-0.39, 0.29) is 17.9 Å². The minimum atomic E-state index is -0.916. The van der Waals surface area contributed by atoms with E-state index in [1.54, 1.807) is 20.8 Å². The Balaban J connectivity index is 2.10. The van der Waals surface area contributed by atoms with Gasteiger partial charge >= 0.3 is 12.1 Å². The summed E-state index contributed by atoms with van der Waals surface area (Å²) >= 11 is 0. The van der Waals surface area contributed by atoms with Crippen LogP contribution < -0.4 is 5.73 Å². The lowest BCUT2D eigenvalue weighted by molar-refractivity contribution is -0.148. The molecule has 2 fully saturated rings. The molecule has 1 heterocycles. The summed E-state index contributed by atoms with van der Waals surface area (Å²) in [5, 5.41) is 0. The van der Waals surface area contributed by atoms with E-state index < -0.39 is 29.6 Å². The lowest BCUT2D eigenvalue weighted by Gasteiger charge is -2.26. The fourth-order valence-corrected chi connectivity index (χ4v) is 2.81. The van der Waals surface area contributed by atoms with Crippen molar-refractivity contribution in [3.8, 4) is 0 Å². The quantitative estimate of drug-likeness (QED) is 0.788. The lowest BCUT2D eigenvalue weighted by Crippen LogP contribution is -2.46. The zero-order valence-electron chi connectivity index (χ0n) is 14.3. The van der Waals surface area contributed by atoms with E-state index >= 15 is 0 Å². The smallest absolute Gasteiger partial charge is 0.417 e. The highest BCUT2D eigenvalue weighted by molar-refractivity contribution is 6.00. The topological polar surface area (TPSA) is 98.9 Å². The monoisotopic (exact) mass is 326 g/mol. The number of carbonyl (C=O) groups is 3. The SMILES string of the molecule is COC(=O)[C@@H]1CC(CCC2(N)CC2)C(=O)N1C(=O)OC(C)(C)C. The predicted octanol–water partition coefficient (Wildman–Crippen LogP) is 1.58. The van der Waals surface area contributed by atoms with Gasteiger partial charge in [-0.1, -0.05) is 0 Å². The first-order valence-corrected chi connectivity index (χ1v) is 7.99. The molecule has 23 heavy (non-hydrogen) atoms. The van der Waals surface area contributed by atoms with Gasteiger partial charge in [0.1, 0.15) is 11.6 Å². The number of nitrogens with zero attached hydrogens (tertiary/aromatic N) is 1. The highest BCUT2D eigenvalue weighted by atomic mass is 16.6. The van der Waals surface area contributed by atoms with Crippen LogP contribution in [0.25, 0.3) is 0 Å². The van der Waals surface area contributed by atoms with Gasteiger partial charge in [0, 0.05) is 11.5 Å². The molecule has 2 atom stereocenters. The summed E-state index contributed by atoms with van der Waals surface area (Å²) in [4.78, 5) is 37.8. The van der Waals surface area contributed by atoms with Gasteiger partial charge < -0.3 is 15.2 Å². The Morgan fingerprint density at radius 1 is 1.35 bits per heavy atom. The van der Waals surface area contributed by atoms with Gasteiger partial charge in [0.25, 0.3) is 0 Å². The molecular formula is C16H26N2O5. The number of hydrogen-bond donors (Lipinski definition) is 1. The number of esters is 1. The molecule has 0 aromatic heterocycles. The zero-order valence-corrected chi connectivity index (χ0v) is 14.3. The van der Waals surface area contributed by atoms with Gasteiger partial charge in [-0.3, -0.25) is 4.79 Å². The Labute approximate surface area is 136 Å². The van der Waals surface area contributed by atoms with Crippen LogP contribution in [0.1, 0.15) is 52.9 Å². The van der Waals surface area contributed by atoms with Crippen molar-refractivity contribution < 1.29 is 23.9 Å². The molecule has 0 aromatic rings. The molecule has 1 unspecified atom stereocenters. The van der Waals surface area contributed by atoms with E-state index in [9.17, 15) is 14.4 Å². The molecule has 2 N–H and O–H groups in total. The van der Waals surface area contributed by atoms with Crippen LogP contribution in [0.3, 0.4) is 0 Å². The molecule has 0 bridgehead atoms. The molecule has 7 nitrogen and oxygen atoms in total. The molecule has 0 spiro atoms. The number of rotatable bonds is 4. The minimum absolute atomic E-state index is 0.166. The fourth-order valence-electron chi connectivity index (χ4n) is 2.81. The molecule has 1 saturated heterocycles. The van der Waals surface area contributed by atoms with Crippen molar-refractivity contribution in [1.82, 2.24) is 4.90 Å². The van der Waals surface area contributed by atoms with Crippen molar-refractivity contribution in [2.45, 2.75) is 70.1 Å². The Hall–Kier alpha value is -1.63. The average molecular weight is 326 g/mol. The van der Waals surface area contributed by atoms with Crippen LogP contribution in [-0.2, 0) is 19.1 Å². The number of amides is 2. The largest absolute Gasteiger partial charge is 0.467 e. The number of methoxy groups -OCH3 is 1. The molecule has 130 valence electrons. The molecule has 1 saturated carbocycles. The Morgan fingerprint density at radius 2 is 1.96 bits per heavy atom. The molecular weight excluding hydrogens is 300 g/mol. The maximum atomic E-state index is 12.6. The Bertz CT molecular complexity index is 507. The summed E-state index contributed by atoms with van der Waals surface area (Å²) in [6, 6.07) is -0.916. The predicted molar refractivity (Wildman–Crippen MR) is 82.4 cm³/mol. The summed E-state index contributed by atoms with van der Waals surface area (Å²) < 4.78 is 9.99. The van der Waals surface area contributed by atoms with Crippen molar-refractivity contribution in [2.75, 3.05) is 7.11 Å². The van der Waals surface area contributed by atoms with Crippen LogP contribution in [-0.4, -0.2) is 47.2 Å². The molecule has 2 aliphatic rings. The summed E-state index contributed by atoms with van der Waals surface area (Å²) in [5.74, 6) is -1.37. The van der Waals surface area contributed by atoms with Gasteiger partial charge in [0.05, 0.1) is 7.11 Å². The van der Waals surface area contributed by atoms with Gasteiger partial charge in [0.15, 0.2) is 0 Å². The molecule has 2 amide bonds. The molecule has 7 heteroatoms. The maximum Gasteiger partial charge on any atom is 0.417 e. The average Bonchev–Trinajstić information content (AvgIpc) is 3.07. The zero-order chi connectivity index (χ0) is 17.4. The van der Waals surface area contributed by atoms with E-state index in [4.69, 9.17) is 15.2 Å². The molecule has 0 radical (unpaired) electrons. The molecule has 1 aliphatic carbocycles. The van der Waals surface area contributed by atoms with Crippen LogP contribution in [0.4, 0.5) is 4.79 Å². The van der Waals surface area contributed by atoms with Crippen LogP contribution >= 0.6 is 0 Å². The van der Waals surface area contributed by atoms with Gasteiger partial charge in [-0.15, -0.1) is 0 Å². The van der Waals surface area contributed by atoms with Gasteiger partial charge in [-0.05, 0) is 52.9 Å². The summed E-state index contributed by atoms with van der Waals surface area (Å²) in [6.45, 7) is 5.13. The van der Waals surface area contributed by atoms with E-state index in [2.05, 4.69) is 0 Å². The van der Waals surface area contributed by atoms with Crippen molar-refractivity contribution in [3.63, 3.8) is 0 Å². The molecule has 1 aliphatic heterocycles. The Kier molecular flexibility index (Phi) is 4.71. The summed E-state index contributed by atoms with van der Waals surface area (Å²) in [5.41, 5.74) is 5.15. The van der Waals surface area contributed by atoms with Crippen molar-refractivity contribution in [3.05, 3.63) is 0 Å². The second-order valence-electron chi connectivity index (χ2n) is 7.56. The van der Waals surface area contributed by atoms with E-state index in [0.717, 1.165) is 24.2 Å². The van der Waals surface area contributed by atoms with Crippen molar-refractivity contribution in [2.24, 2.45) is 11.7 Å². The second kappa shape index (κ2) is 6.11. The standard InChI is InChI=1S/C16H26N2O5/c1-15(2,3)23-14(21)18-11(13(20)22-4)9-10(12(18)19)5-6-16(17)7-8-16/h10-11H,5-9,17H2,1-4H3/t10?,11-/m0/s1. The van der Waals surface area contributed by atoms with E-state index in [0.29, 0.717) is 6.42 Å². The third-order valence-corrected chi connectivity index (χ3v) is 4.35. The van der Waals surface area contributed by atoms with Crippen LogP contribution in [0.15, 0.2) is 0 Å². The maximum absolute atomic E-state index is 12.6. The fraction of sp³-hybridized carbons (Fsp3) is 0.812. The third kappa shape index (κ3) is 4.22. The first-order chi connectivity index (χ1) is 10.6. The highest BCUT2D eigenvalue weighted by Crippen LogP contribution is 2.40. The van der Waals surface area contributed by atoms with Crippen molar-refractivity contribution >= 4 is 18.0 Å². The van der Waals surface area contributed by atoms with Gasteiger partial charge in [-0.2, -0.15) is 0 Å². The summed E-state index contributed by atoms with van der Waals surface area (Å²) in [6.07, 6.45) is 2.69. The first-order valence-electron chi connectivity index (χ1n) is 7.99. The third-order valence-electron chi connectivity index (χ3n) is 4.35. The van der Waals surface area contributed by atoms with E-state index in [1.165, 1.54) is 7.11 Å². The number of likely N-dealkylation sites (tertiary alicyclic amines) is 1. The molecule has 2 rings (SSSR count). The summed E-state index contributed by atoms with van der Waals surface area (Å²) in [7, 11) is 1.24.